The third-order valence-corrected chi connectivity index (χ3v) is 6.75. The molecule has 1 aromatic carbocycles. The Balaban J connectivity index is 1.46. The lowest BCUT2D eigenvalue weighted by Gasteiger charge is -2.19. The highest BCUT2D eigenvalue weighted by atomic mass is 19.1. The maximum atomic E-state index is 15.2. The molecule has 3 aliphatic rings. The molecule has 0 amide bonds. The Morgan fingerprint density at radius 3 is 2.97 bits per heavy atom. The Morgan fingerprint density at radius 2 is 2.09 bits per heavy atom. The predicted octanol–water partition coefficient (Wildman–Crippen LogP) is 5.10. The van der Waals surface area contributed by atoms with Crippen molar-refractivity contribution in [1.82, 2.24) is 9.97 Å². The van der Waals surface area contributed by atoms with Gasteiger partial charge in [0, 0.05) is 48.3 Å². The van der Waals surface area contributed by atoms with E-state index in [9.17, 15) is 4.79 Å². The lowest BCUT2D eigenvalue weighted by atomic mass is 9.91. The molecule has 5 heteroatoms. The molecule has 2 aliphatic carbocycles. The number of ketones is 1. The number of anilines is 1. The number of carbonyl (C=O) groups is 1. The monoisotopic (exact) mass is 423 g/mol. The Kier molecular flexibility index (Phi) is 4.32. The van der Waals surface area contributed by atoms with Crippen LogP contribution < -0.4 is 5.32 Å². The molecule has 0 fully saturated rings. The highest BCUT2D eigenvalue weighted by Crippen LogP contribution is 2.41. The molecule has 3 heterocycles. The van der Waals surface area contributed by atoms with Crippen LogP contribution in [0.2, 0.25) is 0 Å². The van der Waals surface area contributed by atoms with Gasteiger partial charge in [0.15, 0.2) is 5.78 Å². The van der Waals surface area contributed by atoms with E-state index in [-0.39, 0.29) is 18.0 Å². The summed E-state index contributed by atoms with van der Waals surface area (Å²) in [4.78, 5) is 21.7. The van der Waals surface area contributed by atoms with E-state index in [4.69, 9.17) is 0 Å². The second-order valence-electron chi connectivity index (χ2n) is 8.76. The number of hydrogen-bond donors (Lipinski definition) is 1. The van der Waals surface area contributed by atoms with Gasteiger partial charge in [-0.05, 0) is 89.9 Å². The number of pyridine rings is 2. The number of benzene rings is 1. The van der Waals surface area contributed by atoms with Crippen LogP contribution in [0.25, 0.3) is 22.8 Å². The summed E-state index contributed by atoms with van der Waals surface area (Å²) in [7, 11) is 0. The van der Waals surface area contributed by atoms with Gasteiger partial charge >= 0.3 is 0 Å². The van der Waals surface area contributed by atoms with Crippen molar-refractivity contribution in [2.24, 2.45) is 0 Å². The number of aryl methyl sites for hydroxylation is 1. The zero-order valence-electron chi connectivity index (χ0n) is 17.8. The van der Waals surface area contributed by atoms with Gasteiger partial charge in [0.25, 0.3) is 0 Å². The average molecular weight is 423 g/mol. The molecular weight excluding hydrogens is 401 g/mol. The summed E-state index contributed by atoms with van der Waals surface area (Å²) in [5, 5.41) is 3.40. The molecule has 6 rings (SSSR count). The van der Waals surface area contributed by atoms with Crippen LogP contribution in [0, 0.1) is 12.7 Å². The van der Waals surface area contributed by atoms with E-state index in [2.05, 4.69) is 27.4 Å². The molecule has 0 spiro atoms. The van der Waals surface area contributed by atoms with E-state index in [0.29, 0.717) is 11.1 Å². The van der Waals surface area contributed by atoms with Gasteiger partial charge in [-0.25, -0.2) is 4.39 Å². The maximum absolute atomic E-state index is 15.2. The van der Waals surface area contributed by atoms with Crippen molar-refractivity contribution in [3.05, 3.63) is 87.8 Å². The molecule has 0 atom stereocenters. The van der Waals surface area contributed by atoms with Crippen LogP contribution >= 0.6 is 0 Å². The van der Waals surface area contributed by atoms with Crippen molar-refractivity contribution in [2.45, 2.75) is 32.6 Å². The van der Waals surface area contributed by atoms with Crippen LogP contribution in [0.1, 0.15) is 39.9 Å². The molecule has 0 unspecified atom stereocenters. The van der Waals surface area contributed by atoms with E-state index in [1.807, 2.05) is 31.5 Å². The van der Waals surface area contributed by atoms with Gasteiger partial charge in [-0.1, -0.05) is 0 Å². The lowest BCUT2D eigenvalue weighted by Crippen LogP contribution is -2.13. The van der Waals surface area contributed by atoms with E-state index in [0.717, 1.165) is 70.6 Å². The van der Waals surface area contributed by atoms with Crippen LogP contribution in [0.5, 0.6) is 0 Å². The van der Waals surface area contributed by atoms with Crippen LogP contribution in [0.3, 0.4) is 0 Å². The van der Waals surface area contributed by atoms with Gasteiger partial charge in [0.2, 0.25) is 0 Å². The number of nitrogens with zero attached hydrogens (tertiary/aromatic N) is 2. The fourth-order valence-electron chi connectivity index (χ4n) is 5.13. The standard InChI is InChI=1S/C27H22FN3O/c1-15-20(19-10-25-24(31-14-19)3-2-5-30-25)11-23(28)21-12-26(32)22(27(15)21)9-16-7-17-4-6-29-13-18(17)8-16/h4,6,8-11,13-14,30H,2-3,5,7,12H2,1H3/b22-9+. The second kappa shape index (κ2) is 7.23. The summed E-state index contributed by atoms with van der Waals surface area (Å²) in [6.07, 6.45) is 12.3. The molecule has 158 valence electrons. The summed E-state index contributed by atoms with van der Waals surface area (Å²) in [5.74, 6) is -0.352. The highest BCUT2D eigenvalue weighted by molar-refractivity contribution is 6.26. The lowest BCUT2D eigenvalue weighted by molar-refractivity contribution is -0.112. The zero-order chi connectivity index (χ0) is 21.8. The van der Waals surface area contributed by atoms with Crippen molar-refractivity contribution in [3.63, 3.8) is 0 Å². The average Bonchev–Trinajstić information content (AvgIpc) is 3.37. The number of aromatic nitrogens is 2. The van der Waals surface area contributed by atoms with Crippen LogP contribution in [0.15, 0.2) is 48.4 Å². The van der Waals surface area contributed by atoms with Crippen LogP contribution in [-0.2, 0) is 24.1 Å². The topological polar surface area (TPSA) is 54.9 Å². The third kappa shape index (κ3) is 3.00. The molecule has 4 nitrogen and oxygen atoms in total. The number of halogens is 1. The summed E-state index contributed by atoms with van der Waals surface area (Å²) < 4.78 is 15.2. The number of rotatable bonds is 2. The fraction of sp³-hybridized carbons (Fsp3) is 0.222. The van der Waals surface area contributed by atoms with E-state index < -0.39 is 0 Å². The first kappa shape index (κ1) is 19.1. The Labute approximate surface area is 185 Å². The minimum atomic E-state index is -0.323. The molecular formula is C27H22FN3O. The normalized spacial score (nSPS) is 17.6. The van der Waals surface area contributed by atoms with Gasteiger partial charge in [-0.2, -0.15) is 0 Å². The van der Waals surface area contributed by atoms with Gasteiger partial charge in [-0.3, -0.25) is 14.8 Å². The number of carbonyl (C=O) groups excluding carboxylic acids is 1. The quantitative estimate of drug-likeness (QED) is 0.583. The van der Waals surface area contributed by atoms with Crippen molar-refractivity contribution in [2.75, 3.05) is 11.9 Å². The number of allylic oxidation sites excluding steroid dienone is 3. The van der Waals surface area contributed by atoms with Crippen molar-refractivity contribution in [3.8, 4) is 11.1 Å². The highest BCUT2D eigenvalue weighted by Gasteiger charge is 2.31. The maximum Gasteiger partial charge on any atom is 0.168 e. The van der Waals surface area contributed by atoms with E-state index >= 15 is 4.39 Å². The van der Waals surface area contributed by atoms with Crippen molar-refractivity contribution < 1.29 is 9.18 Å². The molecule has 0 bridgehead atoms. The minimum Gasteiger partial charge on any atom is -0.384 e. The van der Waals surface area contributed by atoms with Crippen LogP contribution in [0.4, 0.5) is 10.1 Å². The van der Waals surface area contributed by atoms with Gasteiger partial charge in [0.1, 0.15) is 5.82 Å². The first-order valence-electron chi connectivity index (χ1n) is 11.0. The van der Waals surface area contributed by atoms with Gasteiger partial charge in [0.05, 0.1) is 11.4 Å². The molecule has 1 aliphatic heterocycles. The number of nitrogens with one attached hydrogen (secondary N) is 1. The Hall–Kier alpha value is -3.60. The molecule has 0 saturated carbocycles. The smallest absolute Gasteiger partial charge is 0.168 e. The van der Waals surface area contributed by atoms with Gasteiger partial charge in [-0.15, -0.1) is 0 Å². The summed E-state index contributed by atoms with van der Waals surface area (Å²) >= 11 is 0. The minimum absolute atomic E-state index is 0.0284. The summed E-state index contributed by atoms with van der Waals surface area (Å²) in [5.41, 5.74) is 9.83. The van der Waals surface area contributed by atoms with Crippen LogP contribution in [-0.4, -0.2) is 22.3 Å². The number of fused-ring (bicyclic) bond motifs is 3. The summed E-state index contributed by atoms with van der Waals surface area (Å²) in [6.45, 7) is 2.90. The summed E-state index contributed by atoms with van der Waals surface area (Å²) in [6, 6.07) is 5.62. The zero-order valence-corrected chi connectivity index (χ0v) is 17.8. The largest absolute Gasteiger partial charge is 0.384 e. The molecule has 3 aromatic rings. The number of hydrogen-bond acceptors (Lipinski definition) is 4. The Morgan fingerprint density at radius 1 is 1.19 bits per heavy atom. The first-order valence-corrected chi connectivity index (χ1v) is 11.0. The molecule has 32 heavy (non-hydrogen) atoms. The first-order chi connectivity index (χ1) is 15.6. The van der Waals surface area contributed by atoms with Crippen molar-refractivity contribution in [1.29, 1.82) is 0 Å². The predicted molar refractivity (Wildman–Crippen MR) is 124 cm³/mol. The molecule has 0 radical (unpaired) electrons. The van der Waals surface area contributed by atoms with E-state index in [1.54, 1.807) is 12.3 Å². The second-order valence-corrected chi connectivity index (χ2v) is 8.76. The molecule has 1 N–H and O–H groups in total. The van der Waals surface area contributed by atoms with E-state index in [1.165, 1.54) is 5.56 Å². The molecule has 0 saturated heterocycles. The fourth-order valence-corrected chi connectivity index (χ4v) is 5.13. The Bertz CT molecular complexity index is 1370. The SMILES string of the molecule is Cc1c(-c2cnc3c(c2)NCCC3)cc(F)c2c1/C(=C/C1=Cc3cnccc3C1)C(=O)C2. The number of Topliss-reactive ketones (excluding diaryl/α,β-unsaturated/α-hetero) is 1. The molecule has 2 aromatic heterocycles. The van der Waals surface area contributed by atoms with Crippen molar-refractivity contribution >= 4 is 23.1 Å². The van der Waals surface area contributed by atoms with Gasteiger partial charge < -0.3 is 5.32 Å². The third-order valence-electron chi connectivity index (χ3n) is 6.75.